The number of nitrogens with one attached hydrogen (secondary N) is 1. The van der Waals surface area contributed by atoms with Crippen molar-refractivity contribution in [3.8, 4) is 5.75 Å². The Labute approximate surface area is 118 Å². The van der Waals surface area contributed by atoms with Crippen LogP contribution in [-0.2, 0) is 0 Å². The van der Waals surface area contributed by atoms with Crippen LogP contribution in [0, 0.1) is 13.8 Å². The van der Waals surface area contributed by atoms with Crippen molar-refractivity contribution in [2.24, 2.45) is 0 Å². The van der Waals surface area contributed by atoms with Gasteiger partial charge in [0.25, 0.3) is 0 Å². The zero-order valence-electron chi connectivity index (χ0n) is 11.7. The minimum absolute atomic E-state index is 0.0259. The Morgan fingerprint density at radius 2 is 2.16 bits per heavy atom. The standard InChI is InChI=1S/C14H19N3OS/c1-5-15-13(12-8-19-17-16-12)11-7-6-9(2)10(3)14(11)18-4/h6-8,13,15H,5H2,1-4H3. The van der Waals surface area contributed by atoms with Gasteiger partial charge in [0.05, 0.1) is 18.8 Å². The fourth-order valence-corrected chi connectivity index (χ4v) is 2.66. The van der Waals surface area contributed by atoms with Crippen molar-refractivity contribution in [3.05, 3.63) is 39.9 Å². The smallest absolute Gasteiger partial charge is 0.127 e. The van der Waals surface area contributed by atoms with E-state index in [4.69, 9.17) is 4.74 Å². The third-order valence-corrected chi connectivity index (χ3v) is 3.83. The van der Waals surface area contributed by atoms with Crippen molar-refractivity contribution in [2.75, 3.05) is 13.7 Å². The minimum atomic E-state index is 0.0259. The highest BCUT2D eigenvalue weighted by atomic mass is 32.1. The summed E-state index contributed by atoms with van der Waals surface area (Å²) in [6.45, 7) is 7.12. The summed E-state index contributed by atoms with van der Waals surface area (Å²) in [6, 6.07) is 4.25. The molecule has 2 rings (SSSR count). The molecule has 0 aliphatic heterocycles. The van der Waals surface area contributed by atoms with Crippen molar-refractivity contribution < 1.29 is 4.74 Å². The van der Waals surface area contributed by atoms with Crippen molar-refractivity contribution in [1.82, 2.24) is 14.9 Å². The van der Waals surface area contributed by atoms with Crippen LogP contribution < -0.4 is 10.1 Å². The highest BCUT2D eigenvalue weighted by Crippen LogP contribution is 2.33. The number of hydrogen-bond donors (Lipinski definition) is 1. The van der Waals surface area contributed by atoms with Gasteiger partial charge in [-0.1, -0.05) is 23.5 Å². The predicted octanol–water partition coefficient (Wildman–Crippen LogP) is 2.86. The third kappa shape index (κ3) is 2.77. The van der Waals surface area contributed by atoms with Crippen LogP contribution in [0.1, 0.15) is 35.3 Å². The first-order valence-corrected chi connectivity index (χ1v) is 7.17. The Morgan fingerprint density at radius 1 is 1.37 bits per heavy atom. The zero-order chi connectivity index (χ0) is 13.8. The summed E-state index contributed by atoms with van der Waals surface area (Å²) < 4.78 is 9.55. The number of nitrogens with zero attached hydrogens (tertiary/aromatic N) is 2. The summed E-state index contributed by atoms with van der Waals surface area (Å²) in [5.74, 6) is 0.930. The molecule has 1 unspecified atom stereocenters. The van der Waals surface area contributed by atoms with Crippen molar-refractivity contribution in [1.29, 1.82) is 0 Å². The van der Waals surface area contributed by atoms with E-state index in [0.29, 0.717) is 0 Å². The van der Waals surface area contributed by atoms with Gasteiger partial charge in [0.1, 0.15) is 5.75 Å². The Kier molecular flexibility index (Phi) is 4.50. The lowest BCUT2D eigenvalue weighted by atomic mass is 9.97. The van der Waals surface area contributed by atoms with Crippen molar-refractivity contribution in [2.45, 2.75) is 26.8 Å². The normalized spacial score (nSPS) is 12.4. The van der Waals surface area contributed by atoms with E-state index in [1.54, 1.807) is 7.11 Å². The third-order valence-electron chi connectivity index (χ3n) is 3.30. The molecule has 0 radical (unpaired) electrons. The molecule has 19 heavy (non-hydrogen) atoms. The molecule has 0 aliphatic rings. The second-order valence-corrected chi connectivity index (χ2v) is 5.06. The summed E-state index contributed by atoms with van der Waals surface area (Å²) in [4.78, 5) is 0. The fraction of sp³-hybridized carbons (Fsp3) is 0.429. The lowest BCUT2D eigenvalue weighted by Crippen LogP contribution is -2.23. The van der Waals surface area contributed by atoms with Crippen LogP contribution in [0.15, 0.2) is 17.5 Å². The van der Waals surface area contributed by atoms with Gasteiger partial charge in [-0.05, 0) is 43.1 Å². The second kappa shape index (κ2) is 6.12. The lowest BCUT2D eigenvalue weighted by Gasteiger charge is -2.21. The van der Waals surface area contributed by atoms with Crippen LogP contribution in [0.4, 0.5) is 0 Å². The van der Waals surface area contributed by atoms with Gasteiger partial charge in [0, 0.05) is 10.9 Å². The summed E-state index contributed by atoms with van der Waals surface area (Å²) >= 11 is 1.37. The topological polar surface area (TPSA) is 47.0 Å². The molecule has 1 aromatic carbocycles. The van der Waals surface area contributed by atoms with Crippen LogP contribution in [0.5, 0.6) is 5.75 Å². The zero-order valence-corrected chi connectivity index (χ0v) is 12.5. The van der Waals surface area contributed by atoms with Gasteiger partial charge < -0.3 is 10.1 Å². The SMILES string of the molecule is CCNC(c1csnn1)c1ccc(C)c(C)c1OC. The number of methoxy groups -OCH3 is 1. The molecule has 0 saturated heterocycles. The Bertz CT molecular complexity index is 540. The molecule has 0 aliphatic carbocycles. The number of aryl methyl sites for hydroxylation is 1. The molecule has 1 heterocycles. The lowest BCUT2D eigenvalue weighted by molar-refractivity contribution is 0.400. The number of benzene rings is 1. The Hall–Kier alpha value is -1.46. The molecule has 0 saturated carbocycles. The molecule has 2 aromatic rings. The van der Waals surface area contributed by atoms with Gasteiger partial charge in [0.15, 0.2) is 0 Å². The summed E-state index contributed by atoms with van der Waals surface area (Å²) in [5, 5.41) is 9.61. The number of aromatic nitrogens is 2. The van der Waals surface area contributed by atoms with Crippen LogP contribution >= 0.6 is 11.5 Å². The van der Waals surface area contributed by atoms with Gasteiger partial charge in [-0.3, -0.25) is 0 Å². The van der Waals surface area contributed by atoms with E-state index >= 15 is 0 Å². The molecule has 1 N–H and O–H groups in total. The monoisotopic (exact) mass is 277 g/mol. The average Bonchev–Trinajstić information content (AvgIpc) is 2.93. The minimum Gasteiger partial charge on any atom is -0.496 e. The molecule has 1 aromatic heterocycles. The van der Waals surface area contributed by atoms with Crippen molar-refractivity contribution in [3.63, 3.8) is 0 Å². The molecule has 5 heteroatoms. The molecule has 0 spiro atoms. The maximum Gasteiger partial charge on any atom is 0.127 e. The van der Waals surface area contributed by atoms with Crippen LogP contribution in [0.3, 0.4) is 0 Å². The first kappa shape index (κ1) is 14.0. The quantitative estimate of drug-likeness (QED) is 0.913. The van der Waals surface area contributed by atoms with Gasteiger partial charge in [-0.2, -0.15) is 0 Å². The number of rotatable bonds is 5. The highest BCUT2D eigenvalue weighted by molar-refractivity contribution is 7.03. The summed E-state index contributed by atoms with van der Waals surface area (Å²) in [6.07, 6.45) is 0. The molecule has 0 fully saturated rings. The molecular formula is C14H19N3OS. The van der Waals surface area contributed by atoms with Crippen LogP contribution in [0.2, 0.25) is 0 Å². The van der Waals surface area contributed by atoms with Gasteiger partial charge in [-0.25, -0.2) is 0 Å². The Morgan fingerprint density at radius 3 is 2.74 bits per heavy atom. The van der Waals surface area contributed by atoms with Gasteiger partial charge in [-0.15, -0.1) is 5.10 Å². The average molecular weight is 277 g/mol. The van der Waals surface area contributed by atoms with Gasteiger partial charge >= 0.3 is 0 Å². The fourth-order valence-electron chi connectivity index (χ4n) is 2.18. The van der Waals surface area contributed by atoms with Crippen LogP contribution in [-0.4, -0.2) is 23.2 Å². The second-order valence-electron chi connectivity index (χ2n) is 4.45. The first-order chi connectivity index (χ1) is 9.19. The first-order valence-electron chi connectivity index (χ1n) is 6.33. The molecule has 1 atom stereocenters. The molecule has 4 nitrogen and oxygen atoms in total. The van der Waals surface area contributed by atoms with E-state index in [1.807, 2.05) is 5.38 Å². The molecule has 0 amide bonds. The number of ether oxygens (including phenoxy) is 1. The highest BCUT2D eigenvalue weighted by Gasteiger charge is 2.21. The maximum absolute atomic E-state index is 5.60. The largest absolute Gasteiger partial charge is 0.496 e. The summed E-state index contributed by atoms with van der Waals surface area (Å²) in [7, 11) is 1.72. The van der Waals surface area contributed by atoms with E-state index in [9.17, 15) is 0 Å². The number of hydrogen-bond acceptors (Lipinski definition) is 5. The van der Waals surface area contributed by atoms with Gasteiger partial charge in [0.2, 0.25) is 0 Å². The van der Waals surface area contributed by atoms with E-state index in [1.165, 1.54) is 22.7 Å². The van der Waals surface area contributed by atoms with E-state index in [2.05, 4.69) is 47.8 Å². The Balaban J connectivity index is 2.51. The van der Waals surface area contributed by atoms with Crippen molar-refractivity contribution >= 4 is 11.5 Å². The van der Waals surface area contributed by atoms with Crippen LogP contribution in [0.25, 0.3) is 0 Å². The molecule has 102 valence electrons. The predicted molar refractivity (Wildman–Crippen MR) is 77.9 cm³/mol. The molecular weight excluding hydrogens is 258 g/mol. The maximum atomic E-state index is 5.60. The summed E-state index contributed by atoms with van der Waals surface area (Å²) in [5.41, 5.74) is 4.45. The van der Waals surface area contributed by atoms with E-state index in [0.717, 1.165) is 23.6 Å². The molecule has 0 bridgehead atoms. The van der Waals surface area contributed by atoms with E-state index in [-0.39, 0.29) is 6.04 Å². The van der Waals surface area contributed by atoms with E-state index < -0.39 is 0 Å².